The predicted molar refractivity (Wildman–Crippen MR) is 76.4 cm³/mol. The molecule has 0 spiro atoms. The standard InChI is InChI=1S/C16H30N2/c1-11(2)18(12(3)10-17)16-7-13-4-14(8-16)6-15(5-13)9-16/h11-15H,4-10,17H2,1-3H3. The predicted octanol–water partition coefficient (Wildman–Crippen LogP) is 3.01. The minimum atomic E-state index is 0.516. The molecule has 18 heavy (non-hydrogen) atoms. The summed E-state index contributed by atoms with van der Waals surface area (Å²) in [6.45, 7) is 7.87. The fraction of sp³-hybridized carbons (Fsp3) is 1.00. The van der Waals surface area contributed by atoms with Crippen molar-refractivity contribution in [2.45, 2.75) is 76.9 Å². The molecule has 2 nitrogen and oxygen atoms in total. The van der Waals surface area contributed by atoms with Gasteiger partial charge in [-0.25, -0.2) is 0 Å². The molecule has 2 heteroatoms. The van der Waals surface area contributed by atoms with E-state index in [1.807, 2.05) is 0 Å². The molecule has 0 radical (unpaired) electrons. The molecule has 0 heterocycles. The SMILES string of the molecule is CC(C)N(C(C)CN)C12CC3CC(CC(C3)C1)C2. The van der Waals surface area contributed by atoms with Gasteiger partial charge in [0.05, 0.1) is 0 Å². The van der Waals surface area contributed by atoms with E-state index in [4.69, 9.17) is 5.73 Å². The smallest absolute Gasteiger partial charge is 0.0223 e. The van der Waals surface area contributed by atoms with Gasteiger partial charge in [0, 0.05) is 24.2 Å². The highest BCUT2D eigenvalue weighted by molar-refractivity contribution is 5.08. The number of rotatable bonds is 4. The largest absolute Gasteiger partial charge is 0.329 e. The average molecular weight is 250 g/mol. The van der Waals surface area contributed by atoms with Crippen molar-refractivity contribution in [1.29, 1.82) is 0 Å². The van der Waals surface area contributed by atoms with Gasteiger partial charge >= 0.3 is 0 Å². The van der Waals surface area contributed by atoms with Crippen molar-refractivity contribution in [3.8, 4) is 0 Å². The molecule has 4 aliphatic rings. The first-order valence-electron chi connectivity index (χ1n) is 8.02. The van der Waals surface area contributed by atoms with Gasteiger partial charge in [-0.2, -0.15) is 0 Å². The molecule has 4 aliphatic carbocycles. The zero-order chi connectivity index (χ0) is 12.9. The summed E-state index contributed by atoms with van der Waals surface area (Å²) in [6, 6.07) is 1.18. The van der Waals surface area contributed by atoms with Crippen LogP contribution in [0.3, 0.4) is 0 Å². The Balaban J connectivity index is 1.88. The summed E-state index contributed by atoms with van der Waals surface area (Å²) in [4.78, 5) is 2.80. The quantitative estimate of drug-likeness (QED) is 0.831. The van der Waals surface area contributed by atoms with Crippen LogP contribution in [0.1, 0.15) is 59.3 Å². The first-order chi connectivity index (χ1) is 8.54. The van der Waals surface area contributed by atoms with E-state index in [-0.39, 0.29) is 0 Å². The normalized spacial score (nSPS) is 44.0. The molecule has 0 aliphatic heterocycles. The molecule has 0 saturated heterocycles. The Hall–Kier alpha value is -0.0800. The molecule has 0 aromatic heterocycles. The highest BCUT2D eigenvalue weighted by atomic mass is 15.3. The van der Waals surface area contributed by atoms with Crippen LogP contribution in [0.2, 0.25) is 0 Å². The zero-order valence-electron chi connectivity index (χ0n) is 12.4. The van der Waals surface area contributed by atoms with Crippen molar-refractivity contribution >= 4 is 0 Å². The van der Waals surface area contributed by atoms with Crippen LogP contribution in [0.25, 0.3) is 0 Å². The van der Waals surface area contributed by atoms with Crippen LogP contribution in [-0.2, 0) is 0 Å². The second kappa shape index (κ2) is 4.49. The summed E-state index contributed by atoms with van der Waals surface area (Å²) in [5.41, 5.74) is 6.50. The topological polar surface area (TPSA) is 29.3 Å². The van der Waals surface area contributed by atoms with Crippen LogP contribution in [0.15, 0.2) is 0 Å². The van der Waals surface area contributed by atoms with E-state index in [2.05, 4.69) is 25.7 Å². The first-order valence-corrected chi connectivity index (χ1v) is 8.02. The molecular formula is C16H30N2. The van der Waals surface area contributed by atoms with Crippen LogP contribution in [0, 0.1) is 17.8 Å². The second-order valence-corrected chi connectivity index (χ2v) is 7.73. The van der Waals surface area contributed by atoms with Crippen molar-refractivity contribution in [3.63, 3.8) is 0 Å². The lowest BCUT2D eigenvalue weighted by Gasteiger charge is -2.62. The highest BCUT2D eigenvalue weighted by Gasteiger charge is 2.54. The van der Waals surface area contributed by atoms with Crippen molar-refractivity contribution in [3.05, 3.63) is 0 Å². The molecule has 1 unspecified atom stereocenters. The third kappa shape index (κ3) is 1.92. The maximum Gasteiger partial charge on any atom is 0.0223 e. The second-order valence-electron chi connectivity index (χ2n) is 7.73. The molecule has 4 saturated carbocycles. The molecule has 0 aromatic rings. The Morgan fingerprint density at radius 1 is 1.00 bits per heavy atom. The van der Waals surface area contributed by atoms with Gasteiger partial charge in [-0.05, 0) is 77.0 Å². The summed E-state index contributed by atoms with van der Waals surface area (Å²) in [7, 11) is 0. The molecule has 0 amide bonds. The van der Waals surface area contributed by atoms with Crippen molar-refractivity contribution in [1.82, 2.24) is 4.90 Å². The lowest BCUT2D eigenvalue weighted by atomic mass is 9.52. The van der Waals surface area contributed by atoms with E-state index in [9.17, 15) is 0 Å². The lowest BCUT2D eigenvalue weighted by molar-refractivity contribution is -0.113. The summed E-state index contributed by atoms with van der Waals surface area (Å²) in [6.07, 6.45) is 8.97. The fourth-order valence-corrected chi connectivity index (χ4v) is 6.02. The minimum absolute atomic E-state index is 0.516. The molecule has 2 N–H and O–H groups in total. The lowest BCUT2D eigenvalue weighted by Crippen LogP contribution is -2.64. The summed E-state index contributed by atoms with van der Waals surface area (Å²) in [5.74, 6) is 3.09. The molecule has 104 valence electrons. The zero-order valence-corrected chi connectivity index (χ0v) is 12.4. The Labute approximate surface area is 112 Å². The maximum atomic E-state index is 5.99. The van der Waals surface area contributed by atoms with Crippen LogP contribution in [0.5, 0.6) is 0 Å². The summed E-state index contributed by atoms with van der Waals surface area (Å²) < 4.78 is 0. The van der Waals surface area contributed by atoms with Crippen molar-refractivity contribution in [2.24, 2.45) is 23.5 Å². The van der Waals surface area contributed by atoms with Crippen molar-refractivity contribution in [2.75, 3.05) is 6.54 Å². The Bertz CT molecular complexity index is 275. The monoisotopic (exact) mass is 250 g/mol. The third-order valence-corrected chi connectivity index (χ3v) is 5.93. The van der Waals surface area contributed by atoms with Gasteiger partial charge in [0.2, 0.25) is 0 Å². The van der Waals surface area contributed by atoms with Gasteiger partial charge in [-0.1, -0.05) is 0 Å². The molecule has 1 atom stereocenters. The van der Waals surface area contributed by atoms with E-state index in [1.54, 1.807) is 0 Å². The molecular weight excluding hydrogens is 220 g/mol. The van der Waals surface area contributed by atoms with E-state index < -0.39 is 0 Å². The molecule has 4 fully saturated rings. The Kier molecular flexibility index (Phi) is 3.22. The fourth-order valence-electron chi connectivity index (χ4n) is 6.02. The highest BCUT2D eigenvalue weighted by Crippen LogP contribution is 2.58. The van der Waals surface area contributed by atoms with Crippen molar-refractivity contribution < 1.29 is 0 Å². The first kappa shape index (κ1) is 12.9. The van der Waals surface area contributed by atoms with E-state index in [1.165, 1.54) is 38.5 Å². The molecule has 4 bridgehead atoms. The summed E-state index contributed by atoms with van der Waals surface area (Å²) in [5, 5.41) is 0. The van der Waals surface area contributed by atoms with Crippen LogP contribution >= 0.6 is 0 Å². The van der Waals surface area contributed by atoms with Gasteiger partial charge in [0.15, 0.2) is 0 Å². The van der Waals surface area contributed by atoms with Gasteiger partial charge in [-0.3, -0.25) is 4.90 Å². The van der Waals surface area contributed by atoms with E-state index >= 15 is 0 Å². The van der Waals surface area contributed by atoms with Crippen LogP contribution < -0.4 is 5.73 Å². The number of nitrogens with zero attached hydrogens (tertiary/aromatic N) is 1. The molecule has 4 rings (SSSR count). The number of hydrogen-bond donors (Lipinski definition) is 1. The van der Waals surface area contributed by atoms with Crippen LogP contribution in [0.4, 0.5) is 0 Å². The van der Waals surface area contributed by atoms with Crippen LogP contribution in [-0.4, -0.2) is 29.1 Å². The number of hydrogen-bond acceptors (Lipinski definition) is 2. The summed E-state index contributed by atoms with van der Waals surface area (Å²) >= 11 is 0. The van der Waals surface area contributed by atoms with Gasteiger partial charge < -0.3 is 5.73 Å². The Morgan fingerprint density at radius 3 is 1.78 bits per heavy atom. The molecule has 0 aromatic carbocycles. The number of nitrogens with two attached hydrogens (primary N) is 1. The Morgan fingerprint density at radius 2 is 1.44 bits per heavy atom. The van der Waals surface area contributed by atoms with E-state index in [0.29, 0.717) is 17.6 Å². The van der Waals surface area contributed by atoms with Gasteiger partial charge in [0.25, 0.3) is 0 Å². The third-order valence-electron chi connectivity index (χ3n) is 5.93. The average Bonchev–Trinajstić information content (AvgIpc) is 2.25. The van der Waals surface area contributed by atoms with Gasteiger partial charge in [-0.15, -0.1) is 0 Å². The maximum absolute atomic E-state index is 5.99. The minimum Gasteiger partial charge on any atom is -0.329 e. The van der Waals surface area contributed by atoms with E-state index in [0.717, 1.165) is 24.3 Å². The van der Waals surface area contributed by atoms with Gasteiger partial charge in [0.1, 0.15) is 0 Å².